The molecule has 6 aromatic rings. The fraction of sp³-hybridized carbons (Fsp3) is 0.0323. The molecule has 0 aliphatic heterocycles. The van der Waals surface area contributed by atoms with E-state index < -0.39 is 11.7 Å². The molecular formula is C31H19F3. The van der Waals surface area contributed by atoms with Crippen molar-refractivity contribution in [1.29, 1.82) is 0 Å². The Labute approximate surface area is 194 Å². The van der Waals surface area contributed by atoms with E-state index in [1.807, 2.05) is 42.5 Å². The molecule has 0 bridgehead atoms. The molecule has 0 unspecified atom stereocenters. The van der Waals surface area contributed by atoms with Gasteiger partial charge in [0.05, 0.1) is 5.56 Å². The zero-order valence-electron chi connectivity index (χ0n) is 18.1. The first-order chi connectivity index (χ1) is 16.5. The summed E-state index contributed by atoms with van der Waals surface area (Å²) in [6.45, 7) is 0. The van der Waals surface area contributed by atoms with Gasteiger partial charge in [0.2, 0.25) is 0 Å². The lowest BCUT2D eigenvalue weighted by atomic mass is 9.85. The second-order valence-electron chi connectivity index (χ2n) is 8.48. The molecule has 6 aromatic carbocycles. The van der Waals surface area contributed by atoms with Crippen LogP contribution in [0.1, 0.15) is 5.56 Å². The van der Waals surface area contributed by atoms with Crippen LogP contribution in [0, 0.1) is 0 Å². The topological polar surface area (TPSA) is 0 Å². The van der Waals surface area contributed by atoms with Crippen LogP contribution in [0.5, 0.6) is 0 Å². The maximum absolute atomic E-state index is 13.2. The second kappa shape index (κ2) is 7.74. The highest BCUT2D eigenvalue weighted by atomic mass is 19.4. The SMILES string of the molecule is FC(F)(F)c1ccc(-c2c3ccccc3c(-c3ccccc3)c3cc4ccccc4cc23)cc1. The maximum Gasteiger partial charge on any atom is 0.416 e. The number of rotatable bonds is 2. The summed E-state index contributed by atoms with van der Waals surface area (Å²) >= 11 is 0. The minimum absolute atomic E-state index is 0.642. The molecule has 0 nitrogen and oxygen atoms in total. The van der Waals surface area contributed by atoms with E-state index >= 15 is 0 Å². The molecule has 34 heavy (non-hydrogen) atoms. The smallest absolute Gasteiger partial charge is 0.166 e. The Morgan fingerprint density at radius 2 is 0.853 bits per heavy atom. The van der Waals surface area contributed by atoms with Gasteiger partial charge in [0.1, 0.15) is 0 Å². The van der Waals surface area contributed by atoms with E-state index in [9.17, 15) is 13.2 Å². The van der Waals surface area contributed by atoms with Crippen molar-refractivity contribution in [3.05, 3.63) is 121 Å². The molecule has 0 aromatic heterocycles. The second-order valence-corrected chi connectivity index (χ2v) is 8.48. The molecule has 0 spiro atoms. The first-order valence-electron chi connectivity index (χ1n) is 11.1. The average molecular weight is 448 g/mol. The van der Waals surface area contributed by atoms with Crippen molar-refractivity contribution in [2.45, 2.75) is 6.18 Å². The predicted octanol–water partition coefficient (Wildman–Crippen LogP) is 9.50. The lowest BCUT2D eigenvalue weighted by Crippen LogP contribution is -2.04. The highest BCUT2D eigenvalue weighted by Gasteiger charge is 2.30. The Morgan fingerprint density at radius 3 is 1.35 bits per heavy atom. The van der Waals surface area contributed by atoms with E-state index in [0.717, 1.165) is 54.6 Å². The predicted molar refractivity (Wildman–Crippen MR) is 135 cm³/mol. The highest BCUT2D eigenvalue weighted by Crippen LogP contribution is 2.45. The number of alkyl halides is 3. The third-order valence-electron chi connectivity index (χ3n) is 6.45. The Balaban J connectivity index is 1.78. The van der Waals surface area contributed by atoms with E-state index in [1.54, 1.807) is 12.1 Å². The maximum atomic E-state index is 13.2. The van der Waals surface area contributed by atoms with E-state index in [2.05, 4.69) is 48.5 Å². The third kappa shape index (κ3) is 3.32. The van der Waals surface area contributed by atoms with Crippen molar-refractivity contribution in [3.63, 3.8) is 0 Å². The van der Waals surface area contributed by atoms with Gasteiger partial charge in [-0.2, -0.15) is 13.2 Å². The molecule has 164 valence electrons. The highest BCUT2D eigenvalue weighted by molar-refractivity contribution is 6.23. The standard InChI is InChI=1S/C31H19F3/c32-31(33,34)24-16-14-21(15-17-24)30-26-13-7-6-12-25(26)29(20-8-2-1-3-9-20)27-18-22-10-4-5-11-23(22)19-28(27)30/h1-19H. The molecule has 0 radical (unpaired) electrons. The number of hydrogen-bond donors (Lipinski definition) is 0. The van der Waals surface area contributed by atoms with Gasteiger partial charge < -0.3 is 0 Å². The summed E-state index contributed by atoms with van der Waals surface area (Å²) < 4.78 is 39.7. The molecule has 0 N–H and O–H groups in total. The number of benzene rings is 6. The Hall–Kier alpha value is -4.11. The summed E-state index contributed by atoms with van der Waals surface area (Å²) in [5.74, 6) is 0. The summed E-state index contributed by atoms with van der Waals surface area (Å²) in [5.41, 5.74) is 3.32. The van der Waals surface area contributed by atoms with Crippen LogP contribution in [0.2, 0.25) is 0 Å². The zero-order valence-corrected chi connectivity index (χ0v) is 18.1. The third-order valence-corrected chi connectivity index (χ3v) is 6.45. The molecular weight excluding hydrogens is 429 g/mol. The monoisotopic (exact) mass is 448 g/mol. The Bertz CT molecular complexity index is 1660. The number of fused-ring (bicyclic) bond motifs is 3. The van der Waals surface area contributed by atoms with Crippen molar-refractivity contribution in [1.82, 2.24) is 0 Å². The quantitative estimate of drug-likeness (QED) is 0.231. The van der Waals surface area contributed by atoms with Crippen molar-refractivity contribution in [2.24, 2.45) is 0 Å². The zero-order chi connectivity index (χ0) is 23.3. The largest absolute Gasteiger partial charge is 0.416 e. The van der Waals surface area contributed by atoms with Crippen LogP contribution in [-0.2, 0) is 6.18 Å². The van der Waals surface area contributed by atoms with Crippen molar-refractivity contribution in [3.8, 4) is 22.3 Å². The lowest BCUT2D eigenvalue weighted by molar-refractivity contribution is -0.137. The normalized spacial score (nSPS) is 12.0. The molecule has 0 aliphatic rings. The van der Waals surface area contributed by atoms with Gasteiger partial charge in [0, 0.05) is 0 Å². The molecule has 0 saturated heterocycles. The molecule has 0 atom stereocenters. The van der Waals surface area contributed by atoms with Crippen molar-refractivity contribution < 1.29 is 13.2 Å². The van der Waals surface area contributed by atoms with Crippen LogP contribution >= 0.6 is 0 Å². The molecule has 6 rings (SSSR count). The molecule has 0 saturated carbocycles. The fourth-order valence-corrected chi connectivity index (χ4v) is 4.92. The Kier molecular flexibility index (Phi) is 4.66. The molecule has 0 fully saturated rings. The van der Waals surface area contributed by atoms with Crippen LogP contribution in [0.3, 0.4) is 0 Å². The molecule has 0 heterocycles. The van der Waals surface area contributed by atoms with Crippen LogP contribution in [0.25, 0.3) is 54.6 Å². The van der Waals surface area contributed by atoms with Gasteiger partial charge in [-0.1, -0.05) is 91.0 Å². The van der Waals surface area contributed by atoms with Gasteiger partial charge in [-0.25, -0.2) is 0 Å². The van der Waals surface area contributed by atoms with E-state index in [1.165, 1.54) is 12.1 Å². The van der Waals surface area contributed by atoms with E-state index in [-0.39, 0.29) is 0 Å². The fourth-order valence-electron chi connectivity index (χ4n) is 4.92. The first-order valence-corrected chi connectivity index (χ1v) is 11.1. The molecule has 0 amide bonds. The van der Waals surface area contributed by atoms with Crippen LogP contribution in [0.15, 0.2) is 115 Å². The summed E-state index contributed by atoms with van der Waals surface area (Å²) in [5, 5.41) is 6.42. The van der Waals surface area contributed by atoms with Gasteiger partial charge in [-0.05, 0) is 78.8 Å². The number of hydrogen-bond acceptors (Lipinski definition) is 0. The van der Waals surface area contributed by atoms with E-state index in [0.29, 0.717) is 0 Å². The van der Waals surface area contributed by atoms with Crippen molar-refractivity contribution in [2.75, 3.05) is 0 Å². The van der Waals surface area contributed by atoms with Gasteiger partial charge in [0.25, 0.3) is 0 Å². The number of halogens is 3. The van der Waals surface area contributed by atoms with Crippen LogP contribution in [0.4, 0.5) is 13.2 Å². The van der Waals surface area contributed by atoms with Gasteiger partial charge in [-0.3, -0.25) is 0 Å². The Morgan fingerprint density at radius 1 is 0.412 bits per heavy atom. The molecule has 3 heteroatoms. The van der Waals surface area contributed by atoms with Crippen LogP contribution in [-0.4, -0.2) is 0 Å². The summed E-state index contributed by atoms with van der Waals surface area (Å²) in [4.78, 5) is 0. The molecule has 0 aliphatic carbocycles. The van der Waals surface area contributed by atoms with E-state index in [4.69, 9.17) is 0 Å². The van der Waals surface area contributed by atoms with Crippen LogP contribution < -0.4 is 0 Å². The minimum atomic E-state index is -4.37. The average Bonchev–Trinajstić information content (AvgIpc) is 2.86. The van der Waals surface area contributed by atoms with Gasteiger partial charge in [0.15, 0.2) is 0 Å². The summed E-state index contributed by atoms with van der Waals surface area (Å²) in [6, 6.07) is 36.5. The summed E-state index contributed by atoms with van der Waals surface area (Å²) in [7, 11) is 0. The van der Waals surface area contributed by atoms with Gasteiger partial charge in [-0.15, -0.1) is 0 Å². The van der Waals surface area contributed by atoms with Gasteiger partial charge >= 0.3 is 6.18 Å². The first kappa shape index (κ1) is 20.5. The minimum Gasteiger partial charge on any atom is -0.166 e. The lowest BCUT2D eigenvalue weighted by Gasteiger charge is -2.19. The van der Waals surface area contributed by atoms with Crippen molar-refractivity contribution >= 4 is 32.3 Å². The summed E-state index contributed by atoms with van der Waals surface area (Å²) in [6.07, 6.45) is -4.37.